The lowest BCUT2D eigenvalue weighted by Crippen LogP contribution is -2.16. The van der Waals surface area contributed by atoms with Gasteiger partial charge in [0, 0.05) is 10.0 Å². The lowest BCUT2D eigenvalue weighted by Gasteiger charge is -2.07. The average molecular weight is 481 g/mol. The van der Waals surface area contributed by atoms with E-state index in [1.807, 2.05) is 6.07 Å². The zero-order valence-corrected chi connectivity index (χ0v) is 16.9. The van der Waals surface area contributed by atoms with Gasteiger partial charge in [-0.2, -0.15) is 10.4 Å². The summed E-state index contributed by atoms with van der Waals surface area (Å²) < 4.78 is 14.5. The van der Waals surface area contributed by atoms with Gasteiger partial charge in [-0.05, 0) is 22.0 Å². The van der Waals surface area contributed by atoms with Crippen LogP contribution >= 0.6 is 39.1 Å². The van der Waals surface area contributed by atoms with Crippen LogP contribution < -0.4 is 11.0 Å². The van der Waals surface area contributed by atoms with E-state index in [4.69, 9.17) is 23.2 Å². The van der Waals surface area contributed by atoms with Gasteiger partial charge < -0.3 is 0 Å². The van der Waals surface area contributed by atoms with E-state index in [0.717, 1.165) is 6.21 Å². The van der Waals surface area contributed by atoms with Crippen molar-refractivity contribution in [2.45, 2.75) is 0 Å². The number of H-pyrrole nitrogens is 1. The lowest BCUT2D eigenvalue weighted by molar-refractivity contribution is 0.625. The van der Waals surface area contributed by atoms with Crippen molar-refractivity contribution < 1.29 is 4.39 Å². The van der Waals surface area contributed by atoms with Gasteiger partial charge in [-0.1, -0.05) is 53.5 Å². The summed E-state index contributed by atoms with van der Waals surface area (Å²) in [5.74, 6) is -0.781. The van der Waals surface area contributed by atoms with Gasteiger partial charge in [0.1, 0.15) is 11.6 Å². The van der Waals surface area contributed by atoms with Crippen LogP contribution in [0.5, 0.6) is 0 Å². The Morgan fingerprint density at radius 1 is 1.32 bits per heavy atom. The maximum Gasteiger partial charge on any atom is 0.270 e. The number of halogens is 4. The van der Waals surface area contributed by atoms with Gasteiger partial charge in [0.05, 0.1) is 27.5 Å². The Morgan fingerprint density at radius 2 is 2.04 bits per heavy atom. The van der Waals surface area contributed by atoms with E-state index in [2.05, 4.69) is 36.4 Å². The van der Waals surface area contributed by atoms with Crippen LogP contribution in [-0.2, 0) is 0 Å². The van der Waals surface area contributed by atoms with E-state index in [1.54, 1.807) is 30.3 Å². The molecule has 3 aromatic rings. The number of nitrogens with one attached hydrogen (secondary N) is 2. The van der Waals surface area contributed by atoms with Crippen molar-refractivity contribution in [2.75, 3.05) is 5.43 Å². The zero-order chi connectivity index (χ0) is 20.3. The molecule has 2 N–H and O–H groups in total. The molecule has 0 aliphatic rings. The normalized spacial score (nSPS) is 10.8. The monoisotopic (exact) mass is 479 g/mol. The molecule has 0 saturated heterocycles. The number of nitrogens with zero attached hydrogens (tertiary/aromatic N) is 3. The van der Waals surface area contributed by atoms with Gasteiger partial charge in [0.15, 0.2) is 5.82 Å². The van der Waals surface area contributed by atoms with E-state index < -0.39 is 11.4 Å². The molecule has 2 aromatic carbocycles. The van der Waals surface area contributed by atoms with Crippen LogP contribution in [-0.4, -0.2) is 16.2 Å². The Bertz CT molecular complexity index is 1180. The number of nitriles is 1. The van der Waals surface area contributed by atoms with E-state index in [-0.39, 0.29) is 32.8 Å². The van der Waals surface area contributed by atoms with Crippen molar-refractivity contribution in [3.8, 4) is 17.3 Å². The first-order valence-corrected chi connectivity index (χ1v) is 9.19. The van der Waals surface area contributed by atoms with Gasteiger partial charge >= 0.3 is 0 Å². The minimum atomic E-state index is -0.752. The summed E-state index contributed by atoms with van der Waals surface area (Å²) in [7, 11) is 0. The largest absolute Gasteiger partial charge is 0.290 e. The van der Waals surface area contributed by atoms with Crippen molar-refractivity contribution in [2.24, 2.45) is 5.10 Å². The summed E-state index contributed by atoms with van der Waals surface area (Å²) in [5, 5.41) is 13.1. The molecule has 0 fully saturated rings. The molecule has 0 saturated carbocycles. The second-order valence-electron chi connectivity index (χ2n) is 5.37. The number of aromatic amines is 1. The maximum atomic E-state index is 14.2. The molecule has 3 rings (SSSR count). The highest BCUT2D eigenvalue weighted by molar-refractivity contribution is 9.10. The third kappa shape index (κ3) is 4.07. The summed E-state index contributed by atoms with van der Waals surface area (Å²) in [6.07, 6.45) is 1.11. The highest BCUT2D eigenvalue weighted by Crippen LogP contribution is 2.32. The Labute approximate surface area is 176 Å². The summed E-state index contributed by atoms with van der Waals surface area (Å²) in [4.78, 5) is 18.8. The molecule has 0 aliphatic heterocycles. The summed E-state index contributed by atoms with van der Waals surface area (Å²) in [5.41, 5.74) is 2.48. The number of aromatic nitrogens is 2. The predicted molar refractivity (Wildman–Crippen MR) is 110 cm³/mol. The first kappa shape index (κ1) is 20.0. The third-order valence-electron chi connectivity index (χ3n) is 3.59. The fourth-order valence-corrected chi connectivity index (χ4v) is 3.22. The molecule has 1 heterocycles. The second kappa shape index (κ2) is 8.52. The number of hydrogen-bond acceptors (Lipinski definition) is 5. The quantitative estimate of drug-likeness (QED) is 0.239. The van der Waals surface area contributed by atoms with Crippen LogP contribution in [0.1, 0.15) is 11.1 Å². The molecule has 0 atom stereocenters. The first-order chi connectivity index (χ1) is 13.4. The molecule has 140 valence electrons. The Balaban J connectivity index is 1.96. The minimum Gasteiger partial charge on any atom is -0.290 e. The average Bonchev–Trinajstić information content (AvgIpc) is 2.69. The summed E-state index contributed by atoms with van der Waals surface area (Å²) >= 11 is 14.9. The summed E-state index contributed by atoms with van der Waals surface area (Å²) in [6, 6.07) is 12.0. The van der Waals surface area contributed by atoms with Gasteiger partial charge in [0.25, 0.3) is 5.56 Å². The molecule has 0 spiro atoms. The number of hydrazone groups is 1. The van der Waals surface area contributed by atoms with E-state index in [0.29, 0.717) is 10.0 Å². The fourth-order valence-electron chi connectivity index (χ4n) is 2.29. The SMILES string of the molecule is N#Cc1c(-c2ccccc2)nc(NN=Cc2c(Cl)cc(Br)c(Cl)c2F)[nH]c1=O. The topological polar surface area (TPSA) is 93.9 Å². The molecule has 0 bridgehead atoms. The zero-order valence-electron chi connectivity index (χ0n) is 13.8. The third-order valence-corrected chi connectivity index (χ3v) is 5.13. The van der Waals surface area contributed by atoms with E-state index in [9.17, 15) is 14.4 Å². The van der Waals surface area contributed by atoms with Crippen LogP contribution in [0.3, 0.4) is 0 Å². The molecule has 0 amide bonds. The number of hydrogen-bond donors (Lipinski definition) is 2. The number of benzene rings is 2. The van der Waals surface area contributed by atoms with Crippen molar-refractivity contribution in [3.63, 3.8) is 0 Å². The molecule has 0 radical (unpaired) electrons. The Hall–Kier alpha value is -2.73. The molecule has 28 heavy (non-hydrogen) atoms. The predicted octanol–water partition coefficient (Wildman–Crippen LogP) is 4.96. The second-order valence-corrected chi connectivity index (χ2v) is 7.01. The maximum absolute atomic E-state index is 14.2. The van der Waals surface area contributed by atoms with Gasteiger partial charge in [0.2, 0.25) is 5.95 Å². The highest BCUT2D eigenvalue weighted by Gasteiger charge is 2.15. The van der Waals surface area contributed by atoms with Crippen molar-refractivity contribution in [3.05, 3.63) is 78.2 Å². The van der Waals surface area contributed by atoms with Crippen LogP contribution in [0.2, 0.25) is 10.0 Å². The highest BCUT2D eigenvalue weighted by atomic mass is 79.9. The Kier molecular flexibility index (Phi) is 6.09. The first-order valence-electron chi connectivity index (χ1n) is 7.64. The smallest absolute Gasteiger partial charge is 0.270 e. The van der Waals surface area contributed by atoms with Crippen molar-refractivity contribution >= 4 is 51.3 Å². The van der Waals surface area contributed by atoms with Crippen LogP contribution in [0.15, 0.2) is 50.8 Å². The molecule has 0 unspecified atom stereocenters. The Morgan fingerprint density at radius 3 is 2.71 bits per heavy atom. The van der Waals surface area contributed by atoms with Gasteiger partial charge in [-0.15, -0.1) is 0 Å². The number of anilines is 1. The van der Waals surface area contributed by atoms with Gasteiger partial charge in [-0.3, -0.25) is 9.78 Å². The lowest BCUT2D eigenvalue weighted by atomic mass is 10.1. The molecular weight excluding hydrogens is 472 g/mol. The summed E-state index contributed by atoms with van der Waals surface area (Å²) in [6.45, 7) is 0. The standard InChI is InChI=1S/C18H9BrCl2FN5O/c19-12-6-13(20)11(15(22)14(12)21)8-24-27-18-25-16(9-4-2-1-3-5-9)10(7-23)17(28)26-18/h1-6,8H,(H2,25,26,27,28). The molecule has 1 aromatic heterocycles. The molecule has 0 aliphatic carbocycles. The van der Waals surface area contributed by atoms with E-state index in [1.165, 1.54) is 6.07 Å². The van der Waals surface area contributed by atoms with Crippen LogP contribution in [0.25, 0.3) is 11.3 Å². The minimum absolute atomic E-state index is 0.0288. The number of rotatable bonds is 4. The molecule has 10 heteroatoms. The molecule has 6 nitrogen and oxygen atoms in total. The fraction of sp³-hybridized carbons (Fsp3) is 0. The molecular formula is C18H9BrCl2FN5O. The van der Waals surface area contributed by atoms with Crippen LogP contribution in [0.4, 0.5) is 10.3 Å². The van der Waals surface area contributed by atoms with Crippen LogP contribution in [0, 0.1) is 17.1 Å². The van der Waals surface area contributed by atoms with Crippen molar-refractivity contribution in [1.29, 1.82) is 5.26 Å². The van der Waals surface area contributed by atoms with Gasteiger partial charge in [-0.25, -0.2) is 14.8 Å². The van der Waals surface area contributed by atoms with E-state index >= 15 is 0 Å². The van der Waals surface area contributed by atoms with Crippen molar-refractivity contribution in [1.82, 2.24) is 9.97 Å².